The fourth-order valence-electron chi connectivity index (χ4n) is 2.17. The van der Waals surface area contributed by atoms with Gasteiger partial charge >= 0.3 is 0 Å². The Hall–Kier alpha value is -2.30. The van der Waals surface area contributed by atoms with Crippen LogP contribution in [0.5, 0.6) is 5.88 Å². The standard InChI is InChI=1S/C15H19N3O2/c1-11(2)13(18-9-4-5-10-18)14(19)17-12-7-6-8-16-15(12)20-3/h4-11,13H,1-3H3,(H,17,19)/t13-/m0/s1. The summed E-state index contributed by atoms with van der Waals surface area (Å²) < 4.78 is 7.05. The van der Waals surface area contributed by atoms with Crippen LogP contribution in [0.2, 0.25) is 0 Å². The van der Waals surface area contributed by atoms with E-state index in [9.17, 15) is 4.79 Å². The predicted molar refractivity (Wildman–Crippen MR) is 77.7 cm³/mol. The number of nitrogens with zero attached hydrogens (tertiary/aromatic N) is 2. The van der Waals surface area contributed by atoms with Gasteiger partial charge in [0.2, 0.25) is 11.8 Å². The van der Waals surface area contributed by atoms with Crippen molar-refractivity contribution in [1.82, 2.24) is 9.55 Å². The Kier molecular flexibility index (Phi) is 4.40. The highest BCUT2D eigenvalue weighted by molar-refractivity contribution is 5.94. The smallest absolute Gasteiger partial charge is 0.247 e. The van der Waals surface area contributed by atoms with Crippen LogP contribution in [0.15, 0.2) is 42.9 Å². The van der Waals surface area contributed by atoms with Gasteiger partial charge in [0, 0.05) is 18.6 Å². The van der Waals surface area contributed by atoms with Crippen molar-refractivity contribution in [3.8, 4) is 5.88 Å². The third kappa shape index (κ3) is 2.99. The Labute approximate surface area is 118 Å². The Morgan fingerprint density at radius 3 is 2.60 bits per heavy atom. The van der Waals surface area contributed by atoms with E-state index in [1.54, 1.807) is 18.3 Å². The van der Waals surface area contributed by atoms with E-state index in [1.807, 2.05) is 42.9 Å². The summed E-state index contributed by atoms with van der Waals surface area (Å²) in [6.07, 6.45) is 5.41. The molecule has 2 rings (SSSR count). The van der Waals surface area contributed by atoms with Gasteiger partial charge in [0.1, 0.15) is 11.7 Å². The van der Waals surface area contributed by atoms with Crippen molar-refractivity contribution in [3.63, 3.8) is 0 Å². The molecule has 2 aromatic rings. The molecule has 0 saturated heterocycles. The van der Waals surface area contributed by atoms with E-state index in [1.165, 1.54) is 7.11 Å². The first-order valence-corrected chi connectivity index (χ1v) is 6.55. The summed E-state index contributed by atoms with van der Waals surface area (Å²) in [6.45, 7) is 4.04. The van der Waals surface area contributed by atoms with Gasteiger partial charge in [-0.2, -0.15) is 0 Å². The van der Waals surface area contributed by atoms with E-state index in [-0.39, 0.29) is 17.9 Å². The number of hydrogen-bond donors (Lipinski definition) is 1. The van der Waals surface area contributed by atoms with Gasteiger partial charge in [0.25, 0.3) is 0 Å². The molecule has 0 spiro atoms. The highest BCUT2D eigenvalue weighted by Gasteiger charge is 2.24. The maximum absolute atomic E-state index is 12.5. The zero-order valence-electron chi connectivity index (χ0n) is 11.9. The number of nitrogens with one attached hydrogen (secondary N) is 1. The molecule has 0 radical (unpaired) electrons. The second kappa shape index (κ2) is 6.23. The molecule has 1 atom stereocenters. The summed E-state index contributed by atoms with van der Waals surface area (Å²) >= 11 is 0. The van der Waals surface area contributed by atoms with E-state index in [2.05, 4.69) is 10.3 Å². The van der Waals surface area contributed by atoms with Gasteiger partial charge in [-0.05, 0) is 30.2 Å². The first kappa shape index (κ1) is 14.1. The molecule has 0 aliphatic rings. The van der Waals surface area contributed by atoms with Crippen LogP contribution in [0.25, 0.3) is 0 Å². The second-order valence-corrected chi connectivity index (χ2v) is 4.87. The highest BCUT2D eigenvalue weighted by Crippen LogP contribution is 2.24. The largest absolute Gasteiger partial charge is 0.480 e. The predicted octanol–water partition coefficient (Wildman–Crippen LogP) is 2.73. The van der Waals surface area contributed by atoms with Gasteiger partial charge in [-0.1, -0.05) is 13.8 Å². The van der Waals surface area contributed by atoms with Crippen molar-refractivity contribution in [2.24, 2.45) is 5.92 Å². The summed E-state index contributed by atoms with van der Waals surface area (Å²) in [6, 6.07) is 7.09. The lowest BCUT2D eigenvalue weighted by Gasteiger charge is -2.22. The Morgan fingerprint density at radius 1 is 1.30 bits per heavy atom. The highest BCUT2D eigenvalue weighted by atomic mass is 16.5. The van der Waals surface area contributed by atoms with E-state index < -0.39 is 0 Å². The summed E-state index contributed by atoms with van der Waals surface area (Å²) in [5, 5.41) is 2.88. The average molecular weight is 273 g/mol. The van der Waals surface area contributed by atoms with Crippen LogP contribution in [0.4, 0.5) is 5.69 Å². The number of pyridine rings is 1. The van der Waals surface area contributed by atoms with Crippen LogP contribution in [0, 0.1) is 5.92 Å². The monoisotopic (exact) mass is 273 g/mol. The van der Waals surface area contributed by atoms with Crippen molar-refractivity contribution >= 4 is 11.6 Å². The molecule has 0 aliphatic carbocycles. The minimum Gasteiger partial charge on any atom is -0.480 e. The Balaban J connectivity index is 2.21. The lowest BCUT2D eigenvalue weighted by Crippen LogP contribution is -2.29. The lowest BCUT2D eigenvalue weighted by atomic mass is 10.0. The van der Waals surface area contributed by atoms with Gasteiger partial charge in [0.05, 0.1) is 7.11 Å². The second-order valence-electron chi connectivity index (χ2n) is 4.87. The number of anilines is 1. The molecule has 1 N–H and O–H groups in total. The first-order valence-electron chi connectivity index (χ1n) is 6.55. The molecule has 0 aliphatic heterocycles. The average Bonchev–Trinajstić information content (AvgIpc) is 2.92. The van der Waals surface area contributed by atoms with Crippen LogP contribution in [0.1, 0.15) is 19.9 Å². The molecule has 0 saturated carbocycles. The number of hydrogen-bond acceptors (Lipinski definition) is 3. The van der Waals surface area contributed by atoms with Crippen molar-refractivity contribution in [2.45, 2.75) is 19.9 Å². The van der Waals surface area contributed by atoms with Gasteiger partial charge < -0.3 is 14.6 Å². The molecule has 0 unspecified atom stereocenters. The summed E-state index contributed by atoms with van der Waals surface area (Å²) in [5.41, 5.74) is 0.581. The van der Waals surface area contributed by atoms with Crippen LogP contribution >= 0.6 is 0 Å². The van der Waals surface area contributed by atoms with Gasteiger partial charge in [-0.25, -0.2) is 4.98 Å². The van der Waals surface area contributed by atoms with Gasteiger partial charge in [0.15, 0.2) is 0 Å². The molecule has 5 nitrogen and oxygen atoms in total. The zero-order valence-corrected chi connectivity index (χ0v) is 11.9. The number of aromatic nitrogens is 2. The summed E-state index contributed by atoms with van der Waals surface area (Å²) in [5.74, 6) is 0.503. The number of carbonyl (C=O) groups is 1. The third-order valence-corrected chi connectivity index (χ3v) is 3.07. The molecule has 0 bridgehead atoms. The maximum Gasteiger partial charge on any atom is 0.247 e. The first-order chi connectivity index (χ1) is 9.63. The zero-order chi connectivity index (χ0) is 14.5. The molecular formula is C15H19N3O2. The molecule has 0 aromatic carbocycles. The van der Waals surface area contributed by atoms with E-state index in [0.29, 0.717) is 11.6 Å². The van der Waals surface area contributed by atoms with E-state index in [0.717, 1.165) is 0 Å². The van der Waals surface area contributed by atoms with Crippen LogP contribution in [-0.2, 0) is 4.79 Å². The Bertz CT molecular complexity index is 564. The van der Waals surface area contributed by atoms with Crippen molar-refractivity contribution in [1.29, 1.82) is 0 Å². The number of methoxy groups -OCH3 is 1. The van der Waals surface area contributed by atoms with Gasteiger partial charge in [-0.3, -0.25) is 4.79 Å². The van der Waals surface area contributed by atoms with E-state index >= 15 is 0 Å². The molecule has 2 aromatic heterocycles. The maximum atomic E-state index is 12.5. The molecule has 1 amide bonds. The van der Waals surface area contributed by atoms with Gasteiger partial charge in [-0.15, -0.1) is 0 Å². The molecule has 20 heavy (non-hydrogen) atoms. The third-order valence-electron chi connectivity index (χ3n) is 3.07. The quantitative estimate of drug-likeness (QED) is 0.911. The number of amides is 1. The van der Waals surface area contributed by atoms with Crippen LogP contribution < -0.4 is 10.1 Å². The molecule has 5 heteroatoms. The summed E-state index contributed by atoms with van der Waals surface area (Å²) in [7, 11) is 1.53. The molecular weight excluding hydrogens is 254 g/mol. The molecule has 0 fully saturated rings. The topological polar surface area (TPSA) is 56.1 Å². The number of rotatable bonds is 5. The van der Waals surface area contributed by atoms with Crippen molar-refractivity contribution < 1.29 is 9.53 Å². The minimum atomic E-state index is -0.269. The fourth-order valence-corrected chi connectivity index (χ4v) is 2.17. The number of ether oxygens (including phenoxy) is 1. The van der Waals surface area contributed by atoms with Crippen molar-refractivity contribution in [2.75, 3.05) is 12.4 Å². The van der Waals surface area contributed by atoms with E-state index in [4.69, 9.17) is 4.74 Å². The number of carbonyl (C=O) groups excluding carboxylic acids is 1. The van der Waals surface area contributed by atoms with Crippen LogP contribution in [0.3, 0.4) is 0 Å². The van der Waals surface area contributed by atoms with Crippen LogP contribution in [-0.4, -0.2) is 22.6 Å². The molecule has 106 valence electrons. The fraction of sp³-hybridized carbons (Fsp3) is 0.333. The lowest BCUT2D eigenvalue weighted by molar-refractivity contribution is -0.120. The summed E-state index contributed by atoms with van der Waals surface area (Å²) in [4.78, 5) is 16.6. The molecule has 2 heterocycles. The Morgan fingerprint density at radius 2 is 2.00 bits per heavy atom. The minimum absolute atomic E-state index is 0.0810. The normalized spacial score (nSPS) is 12.2. The van der Waals surface area contributed by atoms with Crippen molar-refractivity contribution in [3.05, 3.63) is 42.9 Å². The SMILES string of the molecule is COc1ncccc1NC(=O)[C@H](C(C)C)n1cccc1.